The Morgan fingerprint density at radius 3 is 2.81 bits per heavy atom. The minimum absolute atomic E-state index is 0.149. The second-order valence-electron chi connectivity index (χ2n) is 7.54. The van der Waals surface area contributed by atoms with Crippen LogP contribution in [0.2, 0.25) is 0 Å². The van der Waals surface area contributed by atoms with Crippen LogP contribution in [0.3, 0.4) is 0 Å². The third-order valence-electron chi connectivity index (χ3n) is 5.26. The number of hydrogen-bond acceptors (Lipinski definition) is 7. The van der Waals surface area contributed by atoms with Gasteiger partial charge in [0, 0.05) is 23.7 Å². The molecule has 0 spiro atoms. The molecule has 1 unspecified atom stereocenters. The minimum atomic E-state index is -0.411. The summed E-state index contributed by atoms with van der Waals surface area (Å²) in [5, 5.41) is 12.8. The van der Waals surface area contributed by atoms with Crippen LogP contribution in [0.5, 0.6) is 11.5 Å². The molecule has 0 fully saturated rings. The Hall–Kier alpha value is -3.33. The van der Waals surface area contributed by atoms with Gasteiger partial charge in [0.05, 0.1) is 10.8 Å². The standard InChI is InChI=1S/C23H23N5O3S/c1-3-10-28-17-7-5-4-6-16(17)20-21(28)25-23(27-26-20)32-14(2)22(29)24-15-8-9-18-19(13-15)31-12-11-30-18/h4-9,13-14H,3,10-12H2,1-2H3,(H,24,29). The Morgan fingerprint density at radius 1 is 1.16 bits per heavy atom. The summed E-state index contributed by atoms with van der Waals surface area (Å²) in [5.74, 6) is 1.17. The average Bonchev–Trinajstić information content (AvgIpc) is 3.12. The van der Waals surface area contributed by atoms with E-state index in [0.717, 1.165) is 35.0 Å². The molecule has 0 aliphatic carbocycles. The maximum absolute atomic E-state index is 12.8. The fourth-order valence-corrected chi connectivity index (χ4v) is 4.48. The molecule has 0 saturated carbocycles. The SMILES string of the molecule is CCCn1c2ccccc2c2nnc(SC(C)C(=O)Nc3ccc4c(c3)OCCO4)nc21. The van der Waals surface area contributed by atoms with Crippen LogP contribution in [0.1, 0.15) is 20.3 Å². The lowest BCUT2D eigenvalue weighted by Gasteiger charge is -2.19. The van der Waals surface area contributed by atoms with Crippen LogP contribution < -0.4 is 14.8 Å². The Kier molecular flexibility index (Phi) is 5.57. The quantitative estimate of drug-likeness (QED) is 0.439. The lowest BCUT2D eigenvalue weighted by atomic mass is 10.2. The van der Waals surface area contributed by atoms with Crippen LogP contribution in [0.4, 0.5) is 5.69 Å². The van der Waals surface area contributed by atoms with Gasteiger partial charge in [0.2, 0.25) is 11.1 Å². The van der Waals surface area contributed by atoms with E-state index in [1.165, 1.54) is 11.8 Å². The predicted octanol–water partition coefficient (Wildman–Crippen LogP) is 4.28. The average molecular weight is 450 g/mol. The van der Waals surface area contributed by atoms with E-state index in [4.69, 9.17) is 14.5 Å². The van der Waals surface area contributed by atoms with Gasteiger partial charge in [-0.3, -0.25) is 4.79 Å². The normalized spacial score (nSPS) is 13.9. The first-order valence-corrected chi connectivity index (χ1v) is 11.5. The van der Waals surface area contributed by atoms with Gasteiger partial charge in [-0.15, -0.1) is 10.2 Å². The second-order valence-corrected chi connectivity index (χ2v) is 8.85. The summed E-state index contributed by atoms with van der Waals surface area (Å²) in [5.41, 5.74) is 3.33. The maximum atomic E-state index is 12.8. The molecule has 1 amide bonds. The Morgan fingerprint density at radius 2 is 1.97 bits per heavy atom. The van der Waals surface area contributed by atoms with Crippen molar-refractivity contribution in [1.82, 2.24) is 19.7 Å². The molecule has 1 aliphatic rings. The molecule has 1 atom stereocenters. The van der Waals surface area contributed by atoms with Crippen LogP contribution in [0.25, 0.3) is 22.1 Å². The van der Waals surface area contributed by atoms with Gasteiger partial charge in [-0.2, -0.15) is 0 Å². The molecule has 1 aliphatic heterocycles. The van der Waals surface area contributed by atoms with Crippen molar-refractivity contribution < 1.29 is 14.3 Å². The van der Waals surface area contributed by atoms with Crippen LogP contribution in [-0.2, 0) is 11.3 Å². The zero-order chi connectivity index (χ0) is 22.1. The van der Waals surface area contributed by atoms with E-state index in [1.807, 2.05) is 25.1 Å². The Labute approximate surface area is 189 Å². The molecule has 2 aromatic carbocycles. The van der Waals surface area contributed by atoms with E-state index in [9.17, 15) is 4.79 Å². The molecule has 0 bridgehead atoms. The third kappa shape index (κ3) is 3.84. The summed E-state index contributed by atoms with van der Waals surface area (Å²) in [4.78, 5) is 17.5. The van der Waals surface area contributed by atoms with Gasteiger partial charge in [-0.1, -0.05) is 36.9 Å². The molecule has 3 heterocycles. The molecule has 32 heavy (non-hydrogen) atoms. The highest BCUT2D eigenvalue weighted by atomic mass is 32.2. The summed E-state index contributed by atoms with van der Waals surface area (Å²) in [6, 6.07) is 13.5. The van der Waals surface area contributed by atoms with Gasteiger partial charge in [-0.05, 0) is 31.5 Å². The summed E-state index contributed by atoms with van der Waals surface area (Å²) < 4.78 is 13.3. The van der Waals surface area contributed by atoms with Crippen molar-refractivity contribution >= 4 is 45.4 Å². The van der Waals surface area contributed by atoms with Crippen LogP contribution in [0, 0.1) is 0 Å². The zero-order valence-corrected chi connectivity index (χ0v) is 18.7. The number of para-hydroxylation sites is 1. The number of anilines is 1. The molecule has 9 heteroatoms. The summed E-state index contributed by atoms with van der Waals surface area (Å²) in [6.45, 7) is 5.83. The highest BCUT2D eigenvalue weighted by Gasteiger charge is 2.20. The fourth-order valence-electron chi connectivity index (χ4n) is 3.77. The number of amides is 1. The van der Waals surface area contributed by atoms with Gasteiger partial charge in [0.25, 0.3) is 0 Å². The summed E-state index contributed by atoms with van der Waals surface area (Å²) >= 11 is 1.29. The molecular formula is C23H23N5O3S. The van der Waals surface area contributed by atoms with E-state index in [2.05, 4.69) is 33.1 Å². The monoisotopic (exact) mass is 449 g/mol. The van der Waals surface area contributed by atoms with Crippen LogP contribution >= 0.6 is 11.8 Å². The first-order valence-electron chi connectivity index (χ1n) is 10.6. The van der Waals surface area contributed by atoms with Gasteiger partial charge >= 0.3 is 0 Å². The van der Waals surface area contributed by atoms with E-state index >= 15 is 0 Å². The number of rotatable bonds is 6. The first-order chi connectivity index (χ1) is 15.6. The molecule has 0 saturated heterocycles. The highest BCUT2D eigenvalue weighted by molar-refractivity contribution is 8.00. The molecule has 5 rings (SSSR count). The van der Waals surface area contributed by atoms with Gasteiger partial charge < -0.3 is 19.4 Å². The number of aryl methyl sites for hydroxylation is 1. The summed E-state index contributed by atoms with van der Waals surface area (Å²) in [6.07, 6.45) is 0.981. The van der Waals surface area contributed by atoms with E-state index in [-0.39, 0.29) is 5.91 Å². The lowest BCUT2D eigenvalue weighted by molar-refractivity contribution is -0.115. The van der Waals surface area contributed by atoms with Crippen molar-refractivity contribution in [2.75, 3.05) is 18.5 Å². The van der Waals surface area contributed by atoms with Crippen molar-refractivity contribution in [3.05, 3.63) is 42.5 Å². The highest BCUT2D eigenvalue weighted by Crippen LogP contribution is 2.33. The number of nitrogens with zero attached hydrogens (tertiary/aromatic N) is 4. The number of hydrogen-bond donors (Lipinski definition) is 1. The van der Waals surface area contributed by atoms with Crippen molar-refractivity contribution in [1.29, 1.82) is 0 Å². The van der Waals surface area contributed by atoms with Crippen molar-refractivity contribution in [3.63, 3.8) is 0 Å². The number of benzene rings is 2. The number of carbonyl (C=O) groups is 1. The molecule has 164 valence electrons. The van der Waals surface area contributed by atoms with Gasteiger partial charge in [-0.25, -0.2) is 4.98 Å². The van der Waals surface area contributed by atoms with Gasteiger partial charge in [0.15, 0.2) is 17.1 Å². The van der Waals surface area contributed by atoms with Gasteiger partial charge in [0.1, 0.15) is 18.7 Å². The minimum Gasteiger partial charge on any atom is -0.486 e. The third-order valence-corrected chi connectivity index (χ3v) is 6.21. The van der Waals surface area contributed by atoms with Crippen molar-refractivity contribution in [2.24, 2.45) is 0 Å². The van der Waals surface area contributed by atoms with E-state index in [1.54, 1.807) is 18.2 Å². The largest absolute Gasteiger partial charge is 0.486 e. The first kappa shape index (κ1) is 20.6. The number of aromatic nitrogens is 4. The fraction of sp³-hybridized carbons (Fsp3) is 0.304. The second kappa shape index (κ2) is 8.66. The number of fused-ring (bicyclic) bond motifs is 4. The number of nitrogens with one attached hydrogen (secondary N) is 1. The maximum Gasteiger partial charge on any atom is 0.237 e. The van der Waals surface area contributed by atoms with Crippen LogP contribution in [0.15, 0.2) is 47.6 Å². The Balaban J connectivity index is 1.36. The molecule has 1 N–H and O–H groups in total. The number of thioether (sulfide) groups is 1. The van der Waals surface area contributed by atoms with E-state index in [0.29, 0.717) is 35.6 Å². The van der Waals surface area contributed by atoms with Crippen molar-refractivity contribution in [2.45, 2.75) is 37.2 Å². The van der Waals surface area contributed by atoms with Crippen molar-refractivity contribution in [3.8, 4) is 11.5 Å². The number of ether oxygens (including phenoxy) is 2. The smallest absolute Gasteiger partial charge is 0.237 e. The van der Waals surface area contributed by atoms with E-state index < -0.39 is 5.25 Å². The zero-order valence-electron chi connectivity index (χ0n) is 17.9. The topological polar surface area (TPSA) is 91.2 Å². The summed E-state index contributed by atoms with van der Waals surface area (Å²) in [7, 11) is 0. The molecule has 4 aromatic rings. The lowest BCUT2D eigenvalue weighted by Crippen LogP contribution is -2.23. The molecule has 0 radical (unpaired) electrons. The predicted molar refractivity (Wildman–Crippen MR) is 125 cm³/mol. The molecule has 2 aromatic heterocycles. The number of carbonyl (C=O) groups excluding carboxylic acids is 1. The van der Waals surface area contributed by atoms with Crippen LogP contribution in [-0.4, -0.2) is 44.1 Å². The molecule has 8 nitrogen and oxygen atoms in total. The Bertz CT molecular complexity index is 1310. The molecular weight excluding hydrogens is 426 g/mol.